The minimum Gasteiger partial charge on any atom is -0.398 e. The summed E-state index contributed by atoms with van der Waals surface area (Å²) in [5, 5.41) is 5.26. The van der Waals surface area contributed by atoms with E-state index in [4.69, 9.17) is 11.5 Å². The number of urea groups is 1. The highest BCUT2D eigenvalue weighted by Crippen LogP contribution is 2.16. The molecule has 2 amide bonds. The second-order valence-electron chi connectivity index (χ2n) is 3.24. The Kier molecular flexibility index (Phi) is 3.93. The summed E-state index contributed by atoms with van der Waals surface area (Å²) in [6, 6.07) is 5.10. The third-order valence-electron chi connectivity index (χ3n) is 1.97. The van der Waals surface area contributed by atoms with Gasteiger partial charge in [0.05, 0.1) is 0 Å². The molecule has 0 aliphatic heterocycles. The highest BCUT2D eigenvalue weighted by atomic mass is 16.2. The normalized spacial score (nSPS) is 9.73. The quantitative estimate of drug-likeness (QED) is 0.550. The van der Waals surface area contributed by atoms with Crippen molar-refractivity contribution in [2.24, 2.45) is 5.73 Å². The van der Waals surface area contributed by atoms with E-state index in [1.807, 2.05) is 13.0 Å². The smallest absolute Gasteiger partial charge is 0.319 e. The standard InChI is InChI=1S/C10H16N4O/c1-7-2-3-8(6-9(7)12)14-10(15)13-5-4-11/h2-3,6H,4-5,11-12H2,1H3,(H2,13,14,15). The van der Waals surface area contributed by atoms with E-state index in [9.17, 15) is 4.79 Å². The molecule has 1 aromatic rings. The molecule has 5 heteroatoms. The Bertz CT molecular complexity index is 351. The Hall–Kier alpha value is -1.75. The first-order valence-electron chi connectivity index (χ1n) is 4.74. The zero-order valence-electron chi connectivity index (χ0n) is 8.71. The number of nitrogen functional groups attached to an aromatic ring is 1. The maximum atomic E-state index is 11.2. The van der Waals surface area contributed by atoms with Crippen LogP contribution >= 0.6 is 0 Å². The predicted octanol–water partition coefficient (Wildman–Crippen LogP) is 0.657. The second kappa shape index (κ2) is 5.21. The SMILES string of the molecule is Cc1ccc(NC(=O)NCCN)cc1N. The van der Waals surface area contributed by atoms with Crippen LogP contribution in [0.25, 0.3) is 0 Å². The number of hydrogen-bond acceptors (Lipinski definition) is 3. The fourth-order valence-electron chi connectivity index (χ4n) is 1.08. The average molecular weight is 208 g/mol. The largest absolute Gasteiger partial charge is 0.398 e. The number of amides is 2. The van der Waals surface area contributed by atoms with Crippen LogP contribution in [0.5, 0.6) is 0 Å². The third-order valence-corrected chi connectivity index (χ3v) is 1.97. The van der Waals surface area contributed by atoms with Crippen molar-refractivity contribution in [2.75, 3.05) is 24.1 Å². The van der Waals surface area contributed by atoms with E-state index in [-0.39, 0.29) is 6.03 Å². The average Bonchev–Trinajstić information content (AvgIpc) is 2.20. The third kappa shape index (κ3) is 3.47. The minimum absolute atomic E-state index is 0.274. The van der Waals surface area contributed by atoms with Gasteiger partial charge in [-0.2, -0.15) is 0 Å². The topological polar surface area (TPSA) is 93.2 Å². The number of rotatable bonds is 3. The van der Waals surface area contributed by atoms with Crippen molar-refractivity contribution < 1.29 is 4.79 Å². The number of carbonyl (C=O) groups excluding carboxylic acids is 1. The van der Waals surface area contributed by atoms with Crippen LogP contribution in [0.3, 0.4) is 0 Å². The van der Waals surface area contributed by atoms with Gasteiger partial charge in [-0.05, 0) is 24.6 Å². The zero-order chi connectivity index (χ0) is 11.3. The first-order chi connectivity index (χ1) is 7.13. The van der Waals surface area contributed by atoms with E-state index in [1.165, 1.54) is 0 Å². The van der Waals surface area contributed by atoms with E-state index < -0.39 is 0 Å². The summed E-state index contributed by atoms with van der Waals surface area (Å²) in [7, 11) is 0. The molecule has 0 aromatic heterocycles. The number of carbonyl (C=O) groups is 1. The van der Waals surface area contributed by atoms with Crippen molar-refractivity contribution in [3.05, 3.63) is 23.8 Å². The molecule has 82 valence electrons. The number of hydrogen-bond donors (Lipinski definition) is 4. The molecule has 0 bridgehead atoms. The fourth-order valence-corrected chi connectivity index (χ4v) is 1.08. The van der Waals surface area contributed by atoms with Crippen LogP contribution in [0, 0.1) is 6.92 Å². The van der Waals surface area contributed by atoms with Gasteiger partial charge < -0.3 is 22.1 Å². The zero-order valence-corrected chi connectivity index (χ0v) is 8.71. The Labute approximate surface area is 88.8 Å². The second-order valence-corrected chi connectivity index (χ2v) is 3.24. The van der Waals surface area contributed by atoms with Gasteiger partial charge in [0.15, 0.2) is 0 Å². The fraction of sp³-hybridized carbons (Fsp3) is 0.300. The number of benzene rings is 1. The highest BCUT2D eigenvalue weighted by Gasteiger charge is 2.01. The van der Waals surface area contributed by atoms with Crippen LogP contribution < -0.4 is 22.1 Å². The molecule has 1 aromatic carbocycles. The van der Waals surface area contributed by atoms with Crippen LogP contribution in [-0.2, 0) is 0 Å². The van der Waals surface area contributed by atoms with Crippen molar-refractivity contribution in [3.63, 3.8) is 0 Å². The Morgan fingerprint density at radius 3 is 2.80 bits per heavy atom. The van der Waals surface area contributed by atoms with Gasteiger partial charge in [0.1, 0.15) is 0 Å². The summed E-state index contributed by atoms with van der Waals surface area (Å²) in [5.41, 5.74) is 13.3. The van der Waals surface area contributed by atoms with E-state index in [0.29, 0.717) is 24.5 Å². The predicted molar refractivity (Wildman–Crippen MR) is 61.7 cm³/mol. The van der Waals surface area contributed by atoms with Gasteiger partial charge in [0.2, 0.25) is 0 Å². The molecule has 0 aliphatic carbocycles. The summed E-state index contributed by atoms with van der Waals surface area (Å²) in [4.78, 5) is 11.2. The lowest BCUT2D eigenvalue weighted by atomic mass is 10.2. The van der Waals surface area contributed by atoms with Crippen molar-refractivity contribution >= 4 is 17.4 Å². The Morgan fingerprint density at radius 1 is 1.47 bits per heavy atom. The van der Waals surface area contributed by atoms with Crippen LogP contribution in [0.1, 0.15) is 5.56 Å². The van der Waals surface area contributed by atoms with Crippen molar-refractivity contribution in [1.29, 1.82) is 0 Å². The molecule has 0 saturated carbocycles. The van der Waals surface area contributed by atoms with Gasteiger partial charge in [-0.25, -0.2) is 4.79 Å². The van der Waals surface area contributed by atoms with Gasteiger partial charge in [-0.15, -0.1) is 0 Å². The molecule has 0 unspecified atom stereocenters. The van der Waals surface area contributed by atoms with Gasteiger partial charge in [-0.1, -0.05) is 6.07 Å². The summed E-state index contributed by atoms with van der Waals surface area (Å²) in [6.07, 6.45) is 0. The first kappa shape index (κ1) is 11.3. The summed E-state index contributed by atoms with van der Waals surface area (Å²) >= 11 is 0. The number of aryl methyl sites for hydroxylation is 1. The van der Waals surface area contributed by atoms with Crippen LogP contribution in [0.2, 0.25) is 0 Å². The van der Waals surface area contributed by atoms with Gasteiger partial charge in [0.25, 0.3) is 0 Å². The lowest BCUT2D eigenvalue weighted by Gasteiger charge is -2.08. The van der Waals surface area contributed by atoms with E-state index in [1.54, 1.807) is 12.1 Å². The monoisotopic (exact) mass is 208 g/mol. The van der Waals surface area contributed by atoms with Crippen molar-refractivity contribution in [1.82, 2.24) is 5.32 Å². The highest BCUT2D eigenvalue weighted by molar-refractivity contribution is 5.89. The molecular weight excluding hydrogens is 192 g/mol. The Morgan fingerprint density at radius 2 is 2.20 bits per heavy atom. The molecule has 6 N–H and O–H groups in total. The molecule has 0 fully saturated rings. The molecule has 0 heterocycles. The molecular formula is C10H16N4O. The lowest BCUT2D eigenvalue weighted by Crippen LogP contribution is -2.32. The minimum atomic E-state index is -0.274. The number of nitrogens with two attached hydrogens (primary N) is 2. The first-order valence-corrected chi connectivity index (χ1v) is 4.74. The molecule has 1 rings (SSSR count). The van der Waals surface area contributed by atoms with E-state index >= 15 is 0 Å². The van der Waals surface area contributed by atoms with E-state index in [0.717, 1.165) is 5.56 Å². The molecule has 0 spiro atoms. The van der Waals surface area contributed by atoms with Gasteiger partial charge in [0, 0.05) is 24.5 Å². The maximum absolute atomic E-state index is 11.2. The molecule has 0 radical (unpaired) electrons. The van der Waals surface area contributed by atoms with Crippen molar-refractivity contribution in [2.45, 2.75) is 6.92 Å². The summed E-state index contributed by atoms with van der Waals surface area (Å²) in [5.74, 6) is 0. The number of nitrogens with one attached hydrogen (secondary N) is 2. The van der Waals surface area contributed by atoms with Crippen LogP contribution in [0.4, 0.5) is 16.2 Å². The molecule has 0 saturated heterocycles. The van der Waals surface area contributed by atoms with Crippen molar-refractivity contribution in [3.8, 4) is 0 Å². The summed E-state index contributed by atoms with van der Waals surface area (Å²) < 4.78 is 0. The number of anilines is 2. The molecule has 15 heavy (non-hydrogen) atoms. The van der Waals surface area contributed by atoms with Gasteiger partial charge in [-0.3, -0.25) is 0 Å². The molecule has 0 atom stereocenters. The molecule has 0 aliphatic rings. The summed E-state index contributed by atoms with van der Waals surface area (Å²) in [6.45, 7) is 2.78. The molecule has 5 nitrogen and oxygen atoms in total. The van der Waals surface area contributed by atoms with Gasteiger partial charge >= 0.3 is 6.03 Å². The van der Waals surface area contributed by atoms with Crippen LogP contribution in [0.15, 0.2) is 18.2 Å². The van der Waals surface area contributed by atoms with E-state index in [2.05, 4.69) is 10.6 Å². The Balaban J connectivity index is 2.57. The van der Waals surface area contributed by atoms with Crippen LogP contribution in [-0.4, -0.2) is 19.1 Å². The lowest BCUT2D eigenvalue weighted by molar-refractivity contribution is 0.252. The maximum Gasteiger partial charge on any atom is 0.319 e.